The lowest BCUT2D eigenvalue weighted by atomic mass is 10.0. The van der Waals surface area contributed by atoms with Crippen LogP contribution in [0.4, 0.5) is 0 Å². The van der Waals surface area contributed by atoms with E-state index in [4.69, 9.17) is 0 Å². The minimum absolute atomic E-state index is 0.330. The van der Waals surface area contributed by atoms with Gasteiger partial charge in [0, 0.05) is 0 Å². The summed E-state index contributed by atoms with van der Waals surface area (Å²) in [5.74, 6) is 0. The first-order valence-electron chi connectivity index (χ1n) is 7.11. The molecule has 1 N–H and O–H groups in total. The number of benzene rings is 1. The molecule has 104 valence electrons. The highest BCUT2D eigenvalue weighted by Gasteiger charge is 2.05. The molecule has 1 aromatic carbocycles. The molecule has 1 rings (SSSR count). The van der Waals surface area contributed by atoms with Gasteiger partial charge in [0.2, 0.25) is 6.08 Å². The van der Waals surface area contributed by atoms with Gasteiger partial charge in [-0.05, 0) is 18.4 Å². The summed E-state index contributed by atoms with van der Waals surface area (Å²) in [4.78, 5) is 13.4. The van der Waals surface area contributed by atoms with E-state index < -0.39 is 0 Å². The van der Waals surface area contributed by atoms with Crippen molar-refractivity contribution in [2.45, 2.75) is 51.0 Å². The zero-order valence-electron chi connectivity index (χ0n) is 11.4. The third kappa shape index (κ3) is 7.55. The van der Waals surface area contributed by atoms with Crippen molar-refractivity contribution >= 4 is 6.08 Å². The number of aliphatic hydroxyl groups excluding tert-OH is 1. The number of rotatable bonds is 10. The number of carbonyl (C=O) groups excluding carboxylic acids is 1. The van der Waals surface area contributed by atoms with Crippen molar-refractivity contribution in [2.24, 2.45) is 4.99 Å². The molecular formula is C16H23NO2. The standard InChI is InChI=1S/C16H23NO2/c18-14-17-13-9-4-2-1-3-8-12-16(19)15-10-6-5-7-11-15/h5-7,10-11,16,19H,1-4,8-9,12-13H2. The fraction of sp³-hybridized carbons (Fsp3) is 0.562. The highest BCUT2D eigenvalue weighted by atomic mass is 16.3. The Balaban J connectivity index is 1.97. The fourth-order valence-corrected chi connectivity index (χ4v) is 2.12. The van der Waals surface area contributed by atoms with Gasteiger partial charge in [-0.15, -0.1) is 0 Å². The molecular weight excluding hydrogens is 238 g/mol. The first-order valence-corrected chi connectivity index (χ1v) is 7.11. The first kappa shape index (κ1) is 15.6. The lowest BCUT2D eigenvalue weighted by Crippen LogP contribution is -1.96. The third-order valence-electron chi connectivity index (χ3n) is 3.25. The van der Waals surface area contributed by atoms with Gasteiger partial charge in [-0.3, -0.25) is 0 Å². The monoisotopic (exact) mass is 261 g/mol. The molecule has 0 aromatic heterocycles. The molecule has 3 nitrogen and oxygen atoms in total. The lowest BCUT2D eigenvalue weighted by molar-refractivity contribution is 0.163. The quantitative estimate of drug-likeness (QED) is 0.396. The fourth-order valence-electron chi connectivity index (χ4n) is 2.12. The predicted molar refractivity (Wildman–Crippen MR) is 76.7 cm³/mol. The third-order valence-corrected chi connectivity index (χ3v) is 3.25. The van der Waals surface area contributed by atoms with E-state index in [0.717, 1.165) is 37.7 Å². The Morgan fingerprint density at radius 1 is 1.00 bits per heavy atom. The van der Waals surface area contributed by atoms with Crippen LogP contribution in [0.3, 0.4) is 0 Å². The summed E-state index contributed by atoms with van der Waals surface area (Å²) in [6, 6.07) is 9.82. The van der Waals surface area contributed by atoms with E-state index in [0.29, 0.717) is 6.54 Å². The average Bonchev–Trinajstić information content (AvgIpc) is 2.46. The van der Waals surface area contributed by atoms with E-state index >= 15 is 0 Å². The van der Waals surface area contributed by atoms with Gasteiger partial charge in [-0.1, -0.05) is 62.4 Å². The van der Waals surface area contributed by atoms with Crippen LogP contribution >= 0.6 is 0 Å². The molecule has 0 aliphatic heterocycles. The van der Waals surface area contributed by atoms with E-state index in [1.807, 2.05) is 30.3 Å². The number of isocyanates is 1. The van der Waals surface area contributed by atoms with Crippen LogP contribution in [0.15, 0.2) is 35.3 Å². The van der Waals surface area contributed by atoms with Crippen LogP contribution in [-0.2, 0) is 4.79 Å². The van der Waals surface area contributed by atoms with E-state index in [1.54, 1.807) is 6.08 Å². The molecule has 0 bridgehead atoms. The maximum absolute atomic E-state index is 9.97. The molecule has 1 aromatic rings. The second-order valence-corrected chi connectivity index (χ2v) is 4.81. The molecule has 0 amide bonds. The largest absolute Gasteiger partial charge is 0.388 e. The summed E-state index contributed by atoms with van der Waals surface area (Å²) in [5.41, 5.74) is 1.01. The average molecular weight is 261 g/mol. The van der Waals surface area contributed by atoms with Crippen molar-refractivity contribution in [3.05, 3.63) is 35.9 Å². The van der Waals surface area contributed by atoms with Gasteiger partial charge < -0.3 is 5.11 Å². The predicted octanol–water partition coefficient (Wildman–Crippen LogP) is 3.79. The number of aliphatic imine (C=N–C) groups is 1. The van der Waals surface area contributed by atoms with Gasteiger partial charge in [0.05, 0.1) is 12.6 Å². The molecule has 0 spiro atoms. The minimum Gasteiger partial charge on any atom is -0.388 e. The van der Waals surface area contributed by atoms with Crippen LogP contribution in [0, 0.1) is 0 Å². The van der Waals surface area contributed by atoms with Gasteiger partial charge in [0.1, 0.15) is 0 Å². The number of hydrogen-bond donors (Lipinski definition) is 1. The van der Waals surface area contributed by atoms with Crippen molar-refractivity contribution in [3.63, 3.8) is 0 Å². The summed E-state index contributed by atoms with van der Waals surface area (Å²) in [6.45, 7) is 0.607. The number of unbranched alkanes of at least 4 members (excludes halogenated alkanes) is 5. The Hall–Kier alpha value is -1.44. The summed E-state index contributed by atoms with van der Waals surface area (Å²) in [5, 5.41) is 9.97. The molecule has 0 heterocycles. The molecule has 19 heavy (non-hydrogen) atoms. The maximum atomic E-state index is 9.97. The highest BCUT2D eigenvalue weighted by molar-refractivity contribution is 5.32. The molecule has 3 heteroatoms. The molecule has 1 atom stereocenters. The maximum Gasteiger partial charge on any atom is 0.234 e. The zero-order chi connectivity index (χ0) is 13.8. The zero-order valence-corrected chi connectivity index (χ0v) is 11.4. The summed E-state index contributed by atoms with van der Waals surface area (Å²) in [6.07, 6.45) is 8.72. The number of hydrogen-bond acceptors (Lipinski definition) is 3. The number of nitrogens with zero attached hydrogens (tertiary/aromatic N) is 1. The lowest BCUT2D eigenvalue weighted by Gasteiger charge is -2.10. The summed E-state index contributed by atoms with van der Waals surface area (Å²) >= 11 is 0. The van der Waals surface area contributed by atoms with Crippen molar-refractivity contribution in [1.82, 2.24) is 0 Å². The van der Waals surface area contributed by atoms with E-state index in [1.165, 1.54) is 12.8 Å². The van der Waals surface area contributed by atoms with Gasteiger partial charge in [-0.25, -0.2) is 9.79 Å². The Kier molecular flexibility index (Phi) is 8.61. The second-order valence-electron chi connectivity index (χ2n) is 4.81. The van der Waals surface area contributed by atoms with Crippen LogP contribution in [0.1, 0.15) is 56.6 Å². The molecule has 0 fully saturated rings. The Morgan fingerprint density at radius 3 is 2.32 bits per heavy atom. The summed E-state index contributed by atoms with van der Waals surface area (Å²) in [7, 11) is 0. The van der Waals surface area contributed by atoms with E-state index in [9.17, 15) is 9.90 Å². The van der Waals surface area contributed by atoms with E-state index in [2.05, 4.69) is 4.99 Å². The molecule has 0 saturated carbocycles. The van der Waals surface area contributed by atoms with Crippen molar-refractivity contribution in [3.8, 4) is 0 Å². The van der Waals surface area contributed by atoms with Gasteiger partial charge in [0.15, 0.2) is 0 Å². The van der Waals surface area contributed by atoms with Gasteiger partial charge >= 0.3 is 0 Å². The number of aliphatic hydroxyl groups is 1. The van der Waals surface area contributed by atoms with Crippen LogP contribution in [-0.4, -0.2) is 17.7 Å². The topological polar surface area (TPSA) is 49.7 Å². The van der Waals surface area contributed by atoms with Crippen LogP contribution in [0.2, 0.25) is 0 Å². The van der Waals surface area contributed by atoms with Gasteiger partial charge in [0.25, 0.3) is 0 Å². The molecule has 0 radical (unpaired) electrons. The molecule has 0 aliphatic rings. The van der Waals surface area contributed by atoms with Gasteiger partial charge in [-0.2, -0.15) is 0 Å². The smallest absolute Gasteiger partial charge is 0.234 e. The van der Waals surface area contributed by atoms with Crippen molar-refractivity contribution in [2.75, 3.05) is 6.54 Å². The molecule has 0 aliphatic carbocycles. The second kappa shape index (κ2) is 10.5. The Labute approximate surface area is 115 Å². The van der Waals surface area contributed by atoms with Crippen molar-refractivity contribution < 1.29 is 9.90 Å². The van der Waals surface area contributed by atoms with Crippen LogP contribution < -0.4 is 0 Å². The SMILES string of the molecule is O=C=NCCCCCCCCC(O)c1ccccc1. The Morgan fingerprint density at radius 2 is 1.63 bits per heavy atom. The summed E-state index contributed by atoms with van der Waals surface area (Å²) < 4.78 is 0. The highest BCUT2D eigenvalue weighted by Crippen LogP contribution is 2.19. The Bertz CT molecular complexity index is 372. The van der Waals surface area contributed by atoms with Crippen LogP contribution in [0.5, 0.6) is 0 Å². The molecule has 0 saturated heterocycles. The molecule has 1 unspecified atom stereocenters. The van der Waals surface area contributed by atoms with Crippen molar-refractivity contribution in [1.29, 1.82) is 0 Å². The minimum atomic E-state index is -0.330. The normalized spacial score (nSPS) is 11.8. The van der Waals surface area contributed by atoms with Crippen LogP contribution in [0.25, 0.3) is 0 Å². The van der Waals surface area contributed by atoms with E-state index in [-0.39, 0.29) is 6.10 Å². The first-order chi connectivity index (χ1) is 9.34.